The lowest BCUT2D eigenvalue weighted by Gasteiger charge is -2.23. The van der Waals surface area contributed by atoms with Crippen LogP contribution in [0.5, 0.6) is 0 Å². The van der Waals surface area contributed by atoms with Crippen molar-refractivity contribution in [2.24, 2.45) is 0 Å². The van der Waals surface area contributed by atoms with Crippen LogP contribution in [0.15, 0.2) is 77.7 Å². The average Bonchev–Trinajstić information content (AvgIpc) is 2.78. The first kappa shape index (κ1) is 24.2. The smallest absolute Gasteiger partial charge is 0.308 e. The zero-order valence-corrected chi connectivity index (χ0v) is 19.1. The van der Waals surface area contributed by atoms with Crippen molar-refractivity contribution in [2.75, 3.05) is 23.3 Å². The molecule has 11 heteroatoms. The number of nitrogens with zero attached hydrogens (tertiary/aromatic N) is 2. The zero-order valence-electron chi connectivity index (χ0n) is 17.6. The van der Waals surface area contributed by atoms with E-state index < -0.39 is 26.7 Å². The third-order valence-corrected chi connectivity index (χ3v) is 6.45. The number of hydrogen-bond donors (Lipinski definition) is 2. The molecule has 0 bridgehead atoms. The van der Waals surface area contributed by atoms with Gasteiger partial charge in [-0.05, 0) is 43.3 Å². The van der Waals surface area contributed by atoms with Crippen LogP contribution in [0.1, 0.15) is 5.56 Å². The summed E-state index contributed by atoms with van der Waals surface area (Å²) in [5, 5.41) is 13.7. The van der Waals surface area contributed by atoms with Crippen LogP contribution >= 0.6 is 11.6 Å². The van der Waals surface area contributed by atoms with E-state index in [1.54, 1.807) is 42.5 Å². The van der Waals surface area contributed by atoms with Gasteiger partial charge in [-0.1, -0.05) is 47.5 Å². The minimum Gasteiger partial charge on any atom is -0.308 e. The lowest BCUT2D eigenvalue weighted by molar-refractivity contribution is -0.384. The highest BCUT2D eigenvalue weighted by atomic mass is 35.5. The number of amides is 2. The second kappa shape index (κ2) is 10.4. The number of sulfonamides is 1. The monoisotopic (exact) mass is 488 g/mol. The van der Waals surface area contributed by atoms with Crippen molar-refractivity contribution in [1.82, 2.24) is 4.72 Å². The number of nitrogens with one attached hydrogen (secondary N) is 2. The Kier molecular flexibility index (Phi) is 7.64. The molecule has 172 valence electrons. The second-order valence-corrected chi connectivity index (χ2v) is 9.23. The van der Waals surface area contributed by atoms with E-state index in [1.165, 1.54) is 11.0 Å². The van der Waals surface area contributed by atoms with Gasteiger partial charge in [0.15, 0.2) is 0 Å². The molecule has 0 radical (unpaired) electrons. The lowest BCUT2D eigenvalue weighted by Crippen LogP contribution is -2.41. The molecule has 2 N–H and O–H groups in total. The van der Waals surface area contributed by atoms with Crippen LogP contribution < -0.4 is 14.9 Å². The molecular weight excluding hydrogens is 468 g/mol. The molecule has 3 aromatic rings. The first-order chi connectivity index (χ1) is 15.7. The van der Waals surface area contributed by atoms with E-state index in [9.17, 15) is 23.3 Å². The van der Waals surface area contributed by atoms with Crippen LogP contribution in [0.4, 0.5) is 21.9 Å². The van der Waals surface area contributed by atoms with Gasteiger partial charge in [0.1, 0.15) is 5.02 Å². The van der Waals surface area contributed by atoms with E-state index >= 15 is 0 Å². The molecule has 0 aromatic heterocycles. The maximum atomic E-state index is 12.9. The molecule has 0 spiro atoms. The summed E-state index contributed by atoms with van der Waals surface area (Å²) < 4.78 is 27.6. The van der Waals surface area contributed by atoms with E-state index in [1.807, 2.05) is 19.1 Å². The molecule has 0 saturated carbocycles. The first-order valence-electron chi connectivity index (χ1n) is 9.81. The molecule has 0 aliphatic carbocycles. The summed E-state index contributed by atoms with van der Waals surface area (Å²) in [7, 11) is -4.07. The number of urea groups is 1. The lowest BCUT2D eigenvalue weighted by atomic mass is 10.2. The zero-order chi connectivity index (χ0) is 24.0. The number of para-hydroxylation sites is 1. The quantitative estimate of drug-likeness (QED) is 0.355. The van der Waals surface area contributed by atoms with Gasteiger partial charge >= 0.3 is 6.03 Å². The summed E-state index contributed by atoms with van der Waals surface area (Å²) in [6.07, 6.45) is 0. The summed E-state index contributed by atoms with van der Waals surface area (Å²) >= 11 is 5.76. The Balaban J connectivity index is 1.74. The Hall–Kier alpha value is -3.47. The molecule has 0 aliphatic rings. The highest BCUT2D eigenvalue weighted by Crippen LogP contribution is 2.27. The third-order valence-electron chi connectivity index (χ3n) is 4.67. The predicted octanol–water partition coefficient (Wildman–Crippen LogP) is 4.57. The highest BCUT2D eigenvalue weighted by molar-refractivity contribution is 7.89. The number of benzene rings is 3. The molecule has 3 rings (SSSR count). The van der Waals surface area contributed by atoms with Gasteiger partial charge in [-0.15, -0.1) is 0 Å². The maximum absolute atomic E-state index is 12.9. The summed E-state index contributed by atoms with van der Waals surface area (Å²) in [5.74, 6) is 0. The van der Waals surface area contributed by atoms with Gasteiger partial charge in [-0.2, -0.15) is 0 Å². The van der Waals surface area contributed by atoms with Crippen LogP contribution in [0.3, 0.4) is 0 Å². The van der Waals surface area contributed by atoms with Gasteiger partial charge in [0, 0.05) is 30.5 Å². The van der Waals surface area contributed by atoms with Crippen molar-refractivity contribution < 1.29 is 18.1 Å². The van der Waals surface area contributed by atoms with Gasteiger partial charge in [0.05, 0.1) is 9.82 Å². The fourth-order valence-electron chi connectivity index (χ4n) is 2.96. The molecule has 0 atom stereocenters. The van der Waals surface area contributed by atoms with E-state index in [2.05, 4.69) is 10.0 Å². The number of hydrogen-bond acceptors (Lipinski definition) is 5. The van der Waals surface area contributed by atoms with Crippen LogP contribution in [-0.4, -0.2) is 32.5 Å². The first-order valence-corrected chi connectivity index (χ1v) is 11.7. The Bertz CT molecular complexity index is 1250. The summed E-state index contributed by atoms with van der Waals surface area (Å²) in [4.78, 5) is 24.3. The predicted molar refractivity (Wildman–Crippen MR) is 127 cm³/mol. The number of aryl methyl sites for hydroxylation is 1. The van der Waals surface area contributed by atoms with E-state index in [0.29, 0.717) is 11.4 Å². The summed E-state index contributed by atoms with van der Waals surface area (Å²) in [5.41, 5.74) is 1.71. The topological polar surface area (TPSA) is 122 Å². The van der Waals surface area contributed by atoms with Crippen molar-refractivity contribution in [3.05, 3.63) is 93.5 Å². The minimum atomic E-state index is -4.07. The molecule has 33 heavy (non-hydrogen) atoms. The Labute approximate surface area is 196 Å². The highest BCUT2D eigenvalue weighted by Gasteiger charge is 2.22. The van der Waals surface area contributed by atoms with Crippen molar-refractivity contribution in [1.29, 1.82) is 0 Å². The Morgan fingerprint density at radius 3 is 2.36 bits per heavy atom. The van der Waals surface area contributed by atoms with Gasteiger partial charge in [-0.25, -0.2) is 17.9 Å². The fraction of sp³-hybridized carbons (Fsp3) is 0.136. The number of halogens is 1. The van der Waals surface area contributed by atoms with Gasteiger partial charge < -0.3 is 5.32 Å². The normalized spacial score (nSPS) is 11.1. The standard InChI is InChI=1S/C22H21ClN4O5S/c1-16-7-9-17(10-8-16)25-22(28)26(18-5-3-2-4-6-18)14-13-24-33(31,32)19-11-12-20(23)21(15-19)27(29)30/h2-12,15,24H,13-14H2,1H3,(H,25,28). The molecular formula is C22H21ClN4O5S. The molecule has 0 aliphatic heterocycles. The molecule has 9 nitrogen and oxygen atoms in total. The van der Waals surface area contributed by atoms with Gasteiger partial charge in [-0.3, -0.25) is 15.0 Å². The van der Waals surface area contributed by atoms with Gasteiger partial charge in [0.2, 0.25) is 10.0 Å². The molecule has 0 saturated heterocycles. The van der Waals surface area contributed by atoms with Crippen molar-refractivity contribution in [2.45, 2.75) is 11.8 Å². The van der Waals surface area contributed by atoms with Crippen molar-refractivity contribution >= 4 is 44.7 Å². The van der Waals surface area contributed by atoms with E-state index in [-0.39, 0.29) is 23.0 Å². The molecule has 2 amide bonds. The van der Waals surface area contributed by atoms with Crippen molar-refractivity contribution in [3.8, 4) is 0 Å². The number of nitro groups is 1. The molecule has 0 unspecified atom stereocenters. The third kappa shape index (κ3) is 6.28. The number of anilines is 2. The van der Waals surface area contributed by atoms with Crippen LogP contribution in [0.2, 0.25) is 5.02 Å². The Morgan fingerprint density at radius 2 is 1.73 bits per heavy atom. The second-order valence-electron chi connectivity index (χ2n) is 7.05. The number of carbonyl (C=O) groups excluding carboxylic acids is 1. The number of carbonyl (C=O) groups is 1. The van der Waals surface area contributed by atoms with Crippen LogP contribution in [0, 0.1) is 17.0 Å². The Morgan fingerprint density at radius 1 is 1.06 bits per heavy atom. The molecule has 0 heterocycles. The van der Waals surface area contributed by atoms with Crippen LogP contribution in [-0.2, 0) is 10.0 Å². The van der Waals surface area contributed by atoms with Crippen LogP contribution in [0.25, 0.3) is 0 Å². The largest absolute Gasteiger partial charge is 0.326 e. The van der Waals surface area contributed by atoms with Crippen molar-refractivity contribution in [3.63, 3.8) is 0 Å². The van der Waals surface area contributed by atoms with E-state index in [4.69, 9.17) is 11.6 Å². The average molecular weight is 489 g/mol. The molecule has 3 aromatic carbocycles. The maximum Gasteiger partial charge on any atom is 0.326 e. The number of rotatable bonds is 8. The SMILES string of the molecule is Cc1ccc(NC(=O)N(CCNS(=O)(=O)c2ccc(Cl)c([N+](=O)[O-])c2)c2ccccc2)cc1. The summed E-state index contributed by atoms with van der Waals surface area (Å²) in [6, 6.07) is 18.8. The summed E-state index contributed by atoms with van der Waals surface area (Å²) in [6.45, 7) is 1.81. The van der Waals surface area contributed by atoms with Gasteiger partial charge in [0.25, 0.3) is 5.69 Å². The number of nitro benzene ring substituents is 1. The fourth-order valence-corrected chi connectivity index (χ4v) is 4.19. The minimum absolute atomic E-state index is 0.0105. The van der Waals surface area contributed by atoms with E-state index in [0.717, 1.165) is 17.7 Å². The molecule has 0 fully saturated rings.